The first-order valence-electron chi connectivity index (χ1n) is 5.47. The Labute approximate surface area is 124 Å². The Kier molecular flexibility index (Phi) is 4.26. The van der Waals surface area contributed by atoms with Crippen LogP contribution in [0.2, 0.25) is 0 Å². The summed E-state index contributed by atoms with van der Waals surface area (Å²) >= 11 is 3.10. The molecule has 0 heterocycles. The number of nitrogens with two attached hydrogens (primary N) is 1. The number of anilines is 2. The fourth-order valence-electron chi connectivity index (χ4n) is 1.51. The van der Waals surface area contributed by atoms with Crippen LogP contribution in [-0.4, -0.2) is 8.42 Å². The SMILES string of the molecule is NNc1ccc(S(=O)(=O)Nc2ccc(Br)cc2F)cc1. The molecule has 8 heteroatoms. The highest BCUT2D eigenvalue weighted by Crippen LogP contribution is 2.23. The number of halogens is 2. The quantitative estimate of drug-likeness (QED) is 0.578. The molecule has 106 valence electrons. The summed E-state index contributed by atoms with van der Waals surface area (Å²) in [6, 6.07) is 9.82. The van der Waals surface area contributed by atoms with Gasteiger partial charge in [0.25, 0.3) is 10.0 Å². The minimum atomic E-state index is -3.85. The predicted molar refractivity (Wildman–Crippen MR) is 79.2 cm³/mol. The Morgan fingerprint density at radius 2 is 1.75 bits per heavy atom. The molecule has 0 bridgehead atoms. The molecule has 0 atom stereocenters. The highest BCUT2D eigenvalue weighted by Gasteiger charge is 2.16. The number of nitrogen functional groups attached to an aromatic ring is 1. The molecular weight excluding hydrogens is 349 g/mol. The molecule has 2 aromatic rings. The van der Waals surface area contributed by atoms with Crippen molar-refractivity contribution in [2.24, 2.45) is 5.84 Å². The Hall–Kier alpha value is -1.64. The molecule has 0 fully saturated rings. The van der Waals surface area contributed by atoms with Crippen molar-refractivity contribution in [1.29, 1.82) is 0 Å². The number of benzene rings is 2. The molecule has 0 radical (unpaired) electrons. The standard InChI is InChI=1S/C12H11BrFN3O2S/c13-8-1-6-12(11(14)7-8)17-20(18,19)10-4-2-9(16-15)3-5-10/h1-7,16-17H,15H2. The summed E-state index contributed by atoms with van der Waals surface area (Å²) in [5.74, 6) is 4.53. The van der Waals surface area contributed by atoms with Gasteiger partial charge in [-0.15, -0.1) is 0 Å². The van der Waals surface area contributed by atoms with Crippen LogP contribution in [0.3, 0.4) is 0 Å². The summed E-state index contributed by atoms with van der Waals surface area (Å²) in [5, 5.41) is 0. The van der Waals surface area contributed by atoms with E-state index in [1.54, 1.807) is 6.07 Å². The van der Waals surface area contributed by atoms with E-state index in [0.717, 1.165) is 0 Å². The molecular formula is C12H11BrFN3O2S. The van der Waals surface area contributed by atoms with Gasteiger partial charge in [0.2, 0.25) is 0 Å². The van der Waals surface area contributed by atoms with Crippen molar-refractivity contribution in [2.45, 2.75) is 4.90 Å². The minimum absolute atomic E-state index is 0.0128. The fraction of sp³-hybridized carbons (Fsp3) is 0. The van der Waals surface area contributed by atoms with Crippen molar-refractivity contribution in [3.63, 3.8) is 0 Å². The highest BCUT2D eigenvalue weighted by molar-refractivity contribution is 9.10. The normalized spacial score (nSPS) is 11.2. The van der Waals surface area contributed by atoms with Gasteiger partial charge in [-0.2, -0.15) is 0 Å². The highest BCUT2D eigenvalue weighted by atomic mass is 79.9. The fourth-order valence-corrected chi connectivity index (χ4v) is 2.91. The minimum Gasteiger partial charge on any atom is -0.324 e. The van der Waals surface area contributed by atoms with Gasteiger partial charge in [0.05, 0.1) is 10.6 Å². The maximum absolute atomic E-state index is 13.6. The van der Waals surface area contributed by atoms with E-state index in [9.17, 15) is 12.8 Å². The van der Waals surface area contributed by atoms with Gasteiger partial charge < -0.3 is 5.43 Å². The second kappa shape index (κ2) is 5.78. The molecule has 4 N–H and O–H groups in total. The van der Waals surface area contributed by atoms with E-state index in [-0.39, 0.29) is 10.6 Å². The molecule has 0 saturated heterocycles. The average molecular weight is 360 g/mol. The Morgan fingerprint density at radius 1 is 1.10 bits per heavy atom. The van der Waals surface area contributed by atoms with Gasteiger partial charge in [-0.25, -0.2) is 12.8 Å². The summed E-state index contributed by atoms with van der Waals surface area (Å²) in [6.45, 7) is 0. The maximum Gasteiger partial charge on any atom is 0.261 e. The van der Waals surface area contributed by atoms with Gasteiger partial charge in [-0.05, 0) is 42.5 Å². The molecule has 0 amide bonds. The molecule has 2 aromatic carbocycles. The Bertz CT molecular complexity index is 720. The third kappa shape index (κ3) is 3.27. The van der Waals surface area contributed by atoms with Gasteiger partial charge in [-0.3, -0.25) is 10.6 Å². The molecule has 0 aliphatic carbocycles. The van der Waals surface area contributed by atoms with Crippen LogP contribution >= 0.6 is 15.9 Å². The van der Waals surface area contributed by atoms with Crippen LogP contribution in [0.25, 0.3) is 0 Å². The Balaban J connectivity index is 2.30. The van der Waals surface area contributed by atoms with E-state index in [1.165, 1.54) is 36.4 Å². The summed E-state index contributed by atoms with van der Waals surface area (Å²) in [4.78, 5) is 0.0128. The number of sulfonamides is 1. The number of rotatable bonds is 4. The van der Waals surface area contributed by atoms with Crippen LogP contribution in [-0.2, 0) is 10.0 Å². The van der Waals surface area contributed by atoms with Crippen LogP contribution in [0.1, 0.15) is 0 Å². The van der Waals surface area contributed by atoms with E-state index in [0.29, 0.717) is 10.2 Å². The number of hydrogen-bond acceptors (Lipinski definition) is 4. The van der Waals surface area contributed by atoms with Gasteiger partial charge in [-0.1, -0.05) is 15.9 Å². The van der Waals surface area contributed by atoms with Crippen molar-refractivity contribution in [1.82, 2.24) is 0 Å². The lowest BCUT2D eigenvalue weighted by Crippen LogP contribution is -2.14. The second-order valence-electron chi connectivity index (χ2n) is 3.90. The zero-order valence-electron chi connectivity index (χ0n) is 10.1. The zero-order chi connectivity index (χ0) is 14.8. The van der Waals surface area contributed by atoms with Crippen molar-refractivity contribution in [3.8, 4) is 0 Å². The maximum atomic E-state index is 13.6. The second-order valence-corrected chi connectivity index (χ2v) is 6.50. The lowest BCUT2D eigenvalue weighted by molar-refractivity contribution is 0.598. The van der Waals surface area contributed by atoms with Crippen LogP contribution in [0.15, 0.2) is 51.8 Å². The molecule has 0 aromatic heterocycles. The first-order valence-corrected chi connectivity index (χ1v) is 7.74. The van der Waals surface area contributed by atoms with Crippen molar-refractivity contribution < 1.29 is 12.8 Å². The van der Waals surface area contributed by atoms with E-state index in [4.69, 9.17) is 5.84 Å². The third-order valence-electron chi connectivity index (χ3n) is 2.51. The lowest BCUT2D eigenvalue weighted by atomic mass is 10.3. The Morgan fingerprint density at radius 3 is 2.30 bits per heavy atom. The molecule has 2 rings (SSSR count). The average Bonchev–Trinajstić information content (AvgIpc) is 2.42. The van der Waals surface area contributed by atoms with Crippen molar-refractivity contribution in [2.75, 3.05) is 10.1 Å². The summed E-state index contributed by atoms with van der Waals surface area (Å²) in [5.41, 5.74) is 2.84. The number of nitrogens with one attached hydrogen (secondary N) is 2. The first kappa shape index (κ1) is 14.8. The number of hydrazine groups is 1. The van der Waals surface area contributed by atoms with Crippen LogP contribution in [0, 0.1) is 5.82 Å². The monoisotopic (exact) mass is 359 g/mol. The number of hydrogen-bond donors (Lipinski definition) is 3. The van der Waals surface area contributed by atoms with Crippen LogP contribution < -0.4 is 16.0 Å². The van der Waals surface area contributed by atoms with Crippen LogP contribution in [0.5, 0.6) is 0 Å². The van der Waals surface area contributed by atoms with Gasteiger partial charge in [0.15, 0.2) is 0 Å². The molecule has 5 nitrogen and oxygen atoms in total. The van der Waals surface area contributed by atoms with Crippen LogP contribution in [0.4, 0.5) is 15.8 Å². The molecule has 0 spiro atoms. The smallest absolute Gasteiger partial charge is 0.261 e. The summed E-state index contributed by atoms with van der Waals surface area (Å²) < 4.78 is 40.5. The lowest BCUT2D eigenvalue weighted by Gasteiger charge is -2.09. The van der Waals surface area contributed by atoms with E-state index >= 15 is 0 Å². The van der Waals surface area contributed by atoms with E-state index in [2.05, 4.69) is 26.1 Å². The van der Waals surface area contributed by atoms with Crippen molar-refractivity contribution in [3.05, 3.63) is 52.8 Å². The zero-order valence-corrected chi connectivity index (χ0v) is 12.5. The van der Waals surface area contributed by atoms with Gasteiger partial charge in [0, 0.05) is 10.2 Å². The van der Waals surface area contributed by atoms with E-state index in [1.807, 2.05) is 0 Å². The van der Waals surface area contributed by atoms with Crippen molar-refractivity contribution >= 4 is 37.3 Å². The molecule has 20 heavy (non-hydrogen) atoms. The third-order valence-corrected chi connectivity index (χ3v) is 4.38. The molecule has 0 unspecified atom stereocenters. The van der Waals surface area contributed by atoms with E-state index < -0.39 is 15.8 Å². The summed E-state index contributed by atoms with van der Waals surface area (Å²) in [6.07, 6.45) is 0. The molecule has 0 aliphatic rings. The predicted octanol–water partition coefficient (Wildman–Crippen LogP) is 2.67. The van der Waals surface area contributed by atoms with Gasteiger partial charge in [0.1, 0.15) is 5.82 Å². The molecule has 0 aliphatic heterocycles. The summed E-state index contributed by atoms with van der Waals surface area (Å²) in [7, 11) is -3.85. The molecule has 0 saturated carbocycles. The van der Waals surface area contributed by atoms with Gasteiger partial charge >= 0.3 is 0 Å². The topological polar surface area (TPSA) is 84.2 Å². The first-order chi connectivity index (χ1) is 9.42. The largest absolute Gasteiger partial charge is 0.324 e.